The van der Waals surface area contributed by atoms with Gasteiger partial charge in [0, 0.05) is 6.07 Å². The van der Waals surface area contributed by atoms with E-state index in [0.29, 0.717) is 17.2 Å². The molecule has 0 spiro atoms. The lowest BCUT2D eigenvalue weighted by atomic mass is 10.3. The summed E-state index contributed by atoms with van der Waals surface area (Å²) in [5, 5.41) is 0. The third-order valence-electron chi connectivity index (χ3n) is 2.28. The number of nitrogens with one attached hydrogen (secondary N) is 1. The first-order valence-corrected chi connectivity index (χ1v) is 7.19. The molecule has 0 aromatic heterocycles. The summed E-state index contributed by atoms with van der Waals surface area (Å²) in [5.74, 6) is 1.18. The van der Waals surface area contributed by atoms with Gasteiger partial charge < -0.3 is 9.47 Å². The third-order valence-corrected chi connectivity index (χ3v) is 2.89. The van der Waals surface area contributed by atoms with Crippen LogP contribution in [0.2, 0.25) is 0 Å². The van der Waals surface area contributed by atoms with Gasteiger partial charge in [-0.25, -0.2) is 8.42 Å². The molecule has 0 heterocycles. The van der Waals surface area contributed by atoms with Gasteiger partial charge in [0.05, 0.1) is 25.2 Å². The minimum absolute atomic E-state index is 0.276. The molecule has 1 aromatic carbocycles. The van der Waals surface area contributed by atoms with Crippen molar-refractivity contribution in [2.75, 3.05) is 18.1 Å². The van der Waals surface area contributed by atoms with Gasteiger partial charge in [-0.3, -0.25) is 4.72 Å². The van der Waals surface area contributed by atoms with E-state index in [4.69, 9.17) is 9.47 Å². The van der Waals surface area contributed by atoms with E-state index >= 15 is 0 Å². The van der Waals surface area contributed by atoms with E-state index in [2.05, 4.69) is 4.72 Å². The Bertz CT molecular complexity index is 508. The predicted molar refractivity (Wildman–Crippen MR) is 65.1 cm³/mol. The fourth-order valence-corrected chi connectivity index (χ4v) is 1.96. The Morgan fingerprint density at radius 1 is 1.29 bits per heavy atom. The number of methoxy groups -OCH3 is 1. The van der Waals surface area contributed by atoms with Crippen LogP contribution in [-0.2, 0) is 10.0 Å². The second-order valence-corrected chi connectivity index (χ2v) is 5.81. The summed E-state index contributed by atoms with van der Waals surface area (Å²) in [6.45, 7) is 0. The summed E-state index contributed by atoms with van der Waals surface area (Å²) < 4.78 is 35.4. The van der Waals surface area contributed by atoms with E-state index in [-0.39, 0.29) is 6.10 Å². The Morgan fingerprint density at radius 3 is 2.53 bits per heavy atom. The van der Waals surface area contributed by atoms with Gasteiger partial charge in [0.25, 0.3) is 0 Å². The van der Waals surface area contributed by atoms with Crippen LogP contribution in [0.1, 0.15) is 12.8 Å². The zero-order chi connectivity index (χ0) is 12.5. The summed E-state index contributed by atoms with van der Waals surface area (Å²) in [6.07, 6.45) is 3.50. The molecule has 0 amide bonds. The second-order valence-electron chi connectivity index (χ2n) is 4.06. The van der Waals surface area contributed by atoms with Gasteiger partial charge >= 0.3 is 0 Å². The SMILES string of the molecule is COc1cc(NS(C)(=O)=O)ccc1OC1CC1. The maximum Gasteiger partial charge on any atom is 0.229 e. The highest BCUT2D eigenvalue weighted by atomic mass is 32.2. The molecular weight excluding hydrogens is 242 g/mol. The molecule has 1 N–H and O–H groups in total. The third kappa shape index (κ3) is 3.52. The fourth-order valence-electron chi connectivity index (χ4n) is 1.41. The van der Waals surface area contributed by atoms with E-state index in [1.54, 1.807) is 18.2 Å². The van der Waals surface area contributed by atoms with Crippen LogP contribution in [0.4, 0.5) is 5.69 Å². The monoisotopic (exact) mass is 257 g/mol. The minimum Gasteiger partial charge on any atom is -0.493 e. The van der Waals surface area contributed by atoms with Gasteiger partial charge in [-0.2, -0.15) is 0 Å². The maximum absolute atomic E-state index is 11.1. The van der Waals surface area contributed by atoms with Crippen LogP contribution >= 0.6 is 0 Å². The minimum atomic E-state index is -3.27. The highest BCUT2D eigenvalue weighted by Gasteiger charge is 2.24. The average molecular weight is 257 g/mol. The topological polar surface area (TPSA) is 64.6 Å². The molecule has 0 aliphatic heterocycles. The number of sulfonamides is 1. The largest absolute Gasteiger partial charge is 0.493 e. The molecular formula is C11H15NO4S. The Balaban J connectivity index is 2.20. The van der Waals surface area contributed by atoms with E-state index in [1.807, 2.05) is 0 Å². The van der Waals surface area contributed by atoms with Crippen molar-refractivity contribution < 1.29 is 17.9 Å². The molecule has 94 valence electrons. The molecule has 2 rings (SSSR count). The van der Waals surface area contributed by atoms with Gasteiger partial charge in [-0.05, 0) is 25.0 Å². The summed E-state index contributed by atoms with van der Waals surface area (Å²) in [4.78, 5) is 0. The molecule has 0 bridgehead atoms. The number of ether oxygens (including phenoxy) is 2. The first-order valence-electron chi connectivity index (χ1n) is 5.30. The number of rotatable bonds is 5. The molecule has 17 heavy (non-hydrogen) atoms. The lowest BCUT2D eigenvalue weighted by molar-refractivity contribution is 0.282. The van der Waals surface area contributed by atoms with Crippen molar-refractivity contribution in [3.05, 3.63) is 18.2 Å². The summed E-state index contributed by atoms with van der Waals surface area (Å²) in [6, 6.07) is 4.98. The summed E-state index contributed by atoms with van der Waals surface area (Å²) in [5.41, 5.74) is 0.465. The standard InChI is InChI=1S/C11H15NO4S/c1-15-11-7-8(12-17(2,13)14)3-6-10(11)16-9-4-5-9/h3,6-7,9,12H,4-5H2,1-2H3. The maximum atomic E-state index is 11.1. The number of benzene rings is 1. The molecule has 1 fully saturated rings. The van der Waals surface area contributed by atoms with E-state index < -0.39 is 10.0 Å². The van der Waals surface area contributed by atoms with Crippen molar-refractivity contribution in [2.45, 2.75) is 18.9 Å². The van der Waals surface area contributed by atoms with Crippen LogP contribution in [0, 0.1) is 0 Å². The van der Waals surface area contributed by atoms with E-state index in [1.165, 1.54) is 7.11 Å². The Kier molecular flexibility index (Phi) is 3.15. The van der Waals surface area contributed by atoms with E-state index in [9.17, 15) is 8.42 Å². The predicted octanol–water partition coefficient (Wildman–Crippen LogP) is 1.61. The van der Waals surface area contributed by atoms with Crippen LogP contribution in [0.15, 0.2) is 18.2 Å². The molecule has 0 unspecified atom stereocenters. The van der Waals surface area contributed by atoms with Crippen molar-refractivity contribution in [2.24, 2.45) is 0 Å². The molecule has 1 aliphatic carbocycles. The van der Waals surface area contributed by atoms with E-state index in [0.717, 1.165) is 19.1 Å². The molecule has 1 aliphatic rings. The Labute approximate surface area is 101 Å². The van der Waals surface area contributed by atoms with Gasteiger partial charge in [0.2, 0.25) is 10.0 Å². The second kappa shape index (κ2) is 4.44. The van der Waals surface area contributed by atoms with Crippen LogP contribution in [-0.4, -0.2) is 27.9 Å². The normalized spacial score (nSPS) is 15.4. The molecule has 6 heteroatoms. The zero-order valence-electron chi connectivity index (χ0n) is 9.76. The van der Waals surface area contributed by atoms with Crippen molar-refractivity contribution >= 4 is 15.7 Å². The highest BCUT2D eigenvalue weighted by molar-refractivity contribution is 7.92. The lowest BCUT2D eigenvalue weighted by Crippen LogP contribution is -2.09. The fraction of sp³-hybridized carbons (Fsp3) is 0.455. The van der Waals surface area contributed by atoms with Gasteiger partial charge in [-0.15, -0.1) is 0 Å². The molecule has 0 atom stereocenters. The van der Waals surface area contributed by atoms with Crippen molar-refractivity contribution in [3.8, 4) is 11.5 Å². The van der Waals surface area contributed by atoms with Crippen molar-refractivity contribution in [1.82, 2.24) is 0 Å². The number of hydrogen-bond donors (Lipinski definition) is 1. The van der Waals surface area contributed by atoms with Crippen molar-refractivity contribution in [3.63, 3.8) is 0 Å². The highest BCUT2D eigenvalue weighted by Crippen LogP contribution is 2.35. The Morgan fingerprint density at radius 2 is 2.00 bits per heavy atom. The summed E-state index contributed by atoms with van der Waals surface area (Å²) in [7, 11) is -1.74. The molecule has 0 saturated heterocycles. The van der Waals surface area contributed by atoms with Gasteiger partial charge in [0.15, 0.2) is 11.5 Å². The van der Waals surface area contributed by atoms with Gasteiger partial charge in [-0.1, -0.05) is 0 Å². The lowest BCUT2D eigenvalue weighted by Gasteiger charge is -2.12. The van der Waals surface area contributed by atoms with Crippen LogP contribution in [0.5, 0.6) is 11.5 Å². The molecule has 5 nitrogen and oxygen atoms in total. The number of hydrogen-bond acceptors (Lipinski definition) is 4. The summed E-state index contributed by atoms with van der Waals surface area (Å²) >= 11 is 0. The Hall–Kier alpha value is -1.43. The van der Waals surface area contributed by atoms with Crippen LogP contribution in [0.25, 0.3) is 0 Å². The molecule has 0 radical (unpaired) electrons. The van der Waals surface area contributed by atoms with Crippen LogP contribution in [0.3, 0.4) is 0 Å². The molecule has 1 aromatic rings. The molecule has 1 saturated carbocycles. The first-order chi connectivity index (χ1) is 7.98. The average Bonchev–Trinajstić information content (AvgIpc) is 3.02. The smallest absolute Gasteiger partial charge is 0.229 e. The van der Waals surface area contributed by atoms with Gasteiger partial charge in [0.1, 0.15) is 0 Å². The number of anilines is 1. The van der Waals surface area contributed by atoms with Crippen molar-refractivity contribution in [1.29, 1.82) is 0 Å². The zero-order valence-corrected chi connectivity index (χ0v) is 10.6. The quantitative estimate of drug-likeness (QED) is 0.870. The first kappa shape index (κ1) is 12.0. The van der Waals surface area contributed by atoms with Crippen LogP contribution < -0.4 is 14.2 Å².